The number of nitrogens with zero attached hydrogens (tertiary/aromatic N) is 1. The van der Waals surface area contributed by atoms with Gasteiger partial charge >= 0.3 is 0 Å². The van der Waals surface area contributed by atoms with Gasteiger partial charge in [-0.05, 0) is 12.1 Å². The van der Waals surface area contributed by atoms with Crippen LogP contribution in [-0.4, -0.2) is 7.11 Å². The molecule has 10 heavy (non-hydrogen) atoms. The third-order valence-electron chi connectivity index (χ3n) is 1.26. The first-order valence-electron chi connectivity index (χ1n) is 3.04. The lowest BCUT2D eigenvalue weighted by Crippen LogP contribution is -2.10. The smallest absolute Gasteiger partial charge is 0.0656 e. The fraction of sp³-hybridized carbons (Fsp3) is 0.125. The maximum atomic E-state index is 4.86. The molecular weight excluding hydrogens is 126 g/mol. The van der Waals surface area contributed by atoms with Gasteiger partial charge in [0, 0.05) is 0 Å². The summed E-state index contributed by atoms with van der Waals surface area (Å²) in [4.78, 5) is 4.86. The molecule has 1 radical (unpaired) electrons. The molecule has 0 amide bonds. The Balaban J connectivity index is 2.75. The number of benzene rings is 1. The van der Waals surface area contributed by atoms with Gasteiger partial charge in [-0.25, -0.2) is 0 Å². The topological polar surface area (TPSA) is 12.5 Å². The van der Waals surface area contributed by atoms with Crippen LogP contribution in [0, 0.1) is 7.05 Å². The molecule has 0 spiro atoms. The molecule has 0 atom stereocenters. The number of anilines is 1. The van der Waals surface area contributed by atoms with Gasteiger partial charge in [0.15, 0.2) is 0 Å². The molecule has 0 aliphatic rings. The van der Waals surface area contributed by atoms with E-state index in [1.165, 1.54) is 5.06 Å². The predicted octanol–water partition coefficient (Wildman–Crippen LogP) is 1.85. The molecule has 2 heteroatoms. The van der Waals surface area contributed by atoms with E-state index in [1.54, 1.807) is 7.11 Å². The van der Waals surface area contributed by atoms with Crippen LogP contribution in [0.2, 0.25) is 0 Å². The first-order chi connectivity index (χ1) is 4.84. The van der Waals surface area contributed by atoms with Gasteiger partial charge in [-0.15, -0.1) is 0 Å². The second kappa shape index (κ2) is 3.22. The fourth-order valence-electron chi connectivity index (χ4n) is 0.700. The Morgan fingerprint density at radius 1 is 1.30 bits per heavy atom. The largest absolute Gasteiger partial charge is 0.277 e. The van der Waals surface area contributed by atoms with E-state index in [2.05, 4.69) is 7.05 Å². The average Bonchev–Trinajstić information content (AvgIpc) is 2.05. The van der Waals surface area contributed by atoms with Crippen LogP contribution in [0.15, 0.2) is 30.3 Å². The van der Waals surface area contributed by atoms with Crippen molar-refractivity contribution in [2.45, 2.75) is 0 Å². The van der Waals surface area contributed by atoms with Crippen molar-refractivity contribution in [3.05, 3.63) is 37.4 Å². The molecule has 0 bridgehead atoms. The van der Waals surface area contributed by atoms with Crippen molar-refractivity contribution in [3.63, 3.8) is 0 Å². The van der Waals surface area contributed by atoms with Gasteiger partial charge in [0.2, 0.25) is 0 Å². The van der Waals surface area contributed by atoms with Gasteiger partial charge in [0.25, 0.3) is 0 Å². The molecule has 0 saturated carbocycles. The molecule has 0 aromatic heterocycles. The summed E-state index contributed by atoms with van der Waals surface area (Å²) >= 11 is 0. The zero-order chi connectivity index (χ0) is 7.40. The van der Waals surface area contributed by atoms with E-state index in [4.69, 9.17) is 4.84 Å². The number of para-hydroxylation sites is 1. The molecule has 0 aliphatic heterocycles. The van der Waals surface area contributed by atoms with Crippen LogP contribution in [0.3, 0.4) is 0 Å². The summed E-state index contributed by atoms with van der Waals surface area (Å²) in [7, 11) is 5.22. The summed E-state index contributed by atoms with van der Waals surface area (Å²) in [6.45, 7) is 0. The minimum Gasteiger partial charge on any atom is -0.277 e. The van der Waals surface area contributed by atoms with Gasteiger partial charge in [-0.3, -0.25) is 9.90 Å². The van der Waals surface area contributed by atoms with E-state index < -0.39 is 0 Å². The predicted molar refractivity (Wildman–Crippen MR) is 41.3 cm³/mol. The monoisotopic (exact) mass is 136 g/mol. The molecule has 1 aromatic carbocycles. The lowest BCUT2D eigenvalue weighted by Gasteiger charge is -2.14. The van der Waals surface area contributed by atoms with E-state index in [0.29, 0.717) is 0 Å². The second-order valence-electron chi connectivity index (χ2n) is 1.90. The number of hydrogen-bond acceptors (Lipinski definition) is 2. The number of hydrogen-bond donors (Lipinski definition) is 0. The highest BCUT2D eigenvalue weighted by Gasteiger charge is 1.94. The van der Waals surface area contributed by atoms with Crippen molar-refractivity contribution in [1.82, 2.24) is 0 Å². The highest BCUT2D eigenvalue weighted by atomic mass is 16.7. The Bertz CT molecular complexity index is 186. The number of rotatable bonds is 2. The van der Waals surface area contributed by atoms with Crippen molar-refractivity contribution >= 4 is 5.69 Å². The quantitative estimate of drug-likeness (QED) is 0.575. The SMILES string of the molecule is [CH2]N(OC)c1ccccc1. The normalized spacial score (nSPS) is 9.40. The Labute approximate surface area is 61.0 Å². The third kappa shape index (κ3) is 1.48. The molecule has 0 heterocycles. The summed E-state index contributed by atoms with van der Waals surface area (Å²) in [5.41, 5.74) is 0.949. The number of hydroxylamine groups is 1. The maximum absolute atomic E-state index is 4.86. The Kier molecular flexibility index (Phi) is 2.29. The van der Waals surface area contributed by atoms with Crippen LogP contribution >= 0.6 is 0 Å². The Morgan fingerprint density at radius 2 is 1.90 bits per heavy atom. The van der Waals surface area contributed by atoms with Gasteiger partial charge in [0.1, 0.15) is 0 Å². The summed E-state index contributed by atoms with van der Waals surface area (Å²) in [6, 6.07) is 9.68. The molecular formula is C8H10NO. The van der Waals surface area contributed by atoms with E-state index >= 15 is 0 Å². The summed E-state index contributed by atoms with van der Waals surface area (Å²) in [5, 5.41) is 1.46. The van der Waals surface area contributed by atoms with Crippen LogP contribution < -0.4 is 5.06 Å². The van der Waals surface area contributed by atoms with Gasteiger partial charge in [-0.1, -0.05) is 18.2 Å². The Hall–Kier alpha value is -1.02. The van der Waals surface area contributed by atoms with E-state index in [9.17, 15) is 0 Å². The van der Waals surface area contributed by atoms with Gasteiger partial charge in [-0.2, -0.15) is 0 Å². The highest BCUT2D eigenvalue weighted by molar-refractivity contribution is 5.43. The second-order valence-corrected chi connectivity index (χ2v) is 1.90. The zero-order valence-electron chi connectivity index (χ0n) is 5.95. The first-order valence-corrected chi connectivity index (χ1v) is 3.04. The van der Waals surface area contributed by atoms with E-state index in [-0.39, 0.29) is 0 Å². The van der Waals surface area contributed by atoms with Crippen molar-refractivity contribution in [1.29, 1.82) is 0 Å². The molecule has 1 rings (SSSR count). The van der Waals surface area contributed by atoms with Crippen LogP contribution in [0.1, 0.15) is 0 Å². The van der Waals surface area contributed by atoms with Crippen LogP contribution in [0.4, 0.5) is 5.69 Å². The third-order valence-corrected chi connectivity index (χ3v) is 1.26. The summed E-state index contributed by atoms with van der Waals surface area (Å²) in [5.74, 6) is 0. The van der Waals surface area contributed by atoms with Gasteiger partial charge in [0.05, 0.1) is 19.8 Å². The van der Waals surface area contributed by atoms with Crippen LogP contribution in [-0.2, 0) is 4.84 Å². The Morgan fingerprint density at radius 3 is 2.40 bits per heavy atom. The van der Waals surface area contributed by atoms with Crippen LogP contribution in [0.5, 0.6) is 0 Å². The molecule has 2 nitrogen and oxygen atoms in total. The van der Waals surface area contributed by atoms with Gasteiger partial charge < -0.3 is 0 Å². The minimum absolute atomic E-state index is 0.949. The fourth-order valence-corrected chi connectivity index (χ4v) is 0.700. The lowest BCUT2D eigenvalue weighted by molar-refractivity contribution is 0.195. The van der Waals surface area contributed by atoms with E-state index in [0.717, 1.165) is 5.69 Å². The molecule has 0 unspecified atom stereocenters. The van der Waals surface area contributed by atoms with Crippen molar-refractivity contribution in [3.8, 4) is 0 Å². The van der Waals surface area contributed by atoms with E-state index in [1.807, 2.05) is 30.3 Å². The first kappa shape index (κ1) is 7.09. The zero-order valence-corrected chi connectivity index (χ0v) is 5.95. The van der Waals surface area contributed by atoms with Crippen LogP contribution in [0.25, 0.3) is 0 Å². The van der Waals surface area contributed by atoms with Crippen molar-refractivity contribution < 1.29 is 4.84 Å². The minimum atomic E-state index is 0.949. The highest BCUT2D eigenvalue weighted by Crippen LogP contribution is 2.10. The lowest BCUT2D eigenvalue weighted by atomic mass is 10.3. The standard InChI is InChI=1S/C8H10NO/c1-9(10-2)8-6-4-3-5-7-8/h3-7H,1H2,2H3. The molecule has 0 N–H and O–H groups in total. The van der Waals surface area contributed by atoms with Crippen molar-refractivity contribution in [2.75, 3.05) is 12.2 Å². The maximum Gasteiger partial charge on any atom is 0.0656 e. The molecule has 0 aliphatic carbocycles. The van der Waals surface area contributed by atoms with Crippen molar-refractivity contribution in [2.24, 2.45) is 0 Å². The molecule has 0 saturated heterocycles. The summed E-state index contributed by atoms with van der Waals surface area (Å²) < 4.78 is 0. The molecule has 0 fully saturated rings. The summed E-state index contributed by atoms with van der Waals surface area (Å²) in [6.07, 6.45) is 0. The average molecular weight is 136 g/mol. The molecule has 1 aromatic rings. The molecule has 53 valence electrons.